The van der Waals surface area contributed by atoms with Gasteiger partial charge in [0.1, 0.15) is 0 Å². The molecule has 0 spiro atoms. The van der Waals surface area contributed by atoms with E-state index in [4.69, 9.17) is 0 Å². The predicted molar refractivity (Wildman–Crippen MR) is 103 cm³/mol. The minimum absolute atomic E-state index is 0.149. The van der Waals surface area contributed by atoms with Crippen molar-refractivity contribution in [3.8, 4) is 0 Å². The van der Waals surface area contributed by atoms with Crippen molar-refractivity contribution in [2.45, 2.75) is 47.7 Å². The predicted octanol–water partition coefficient (Wildman–Crippen LogP) is 3.63. The second-order valence-corrected chi connectivity index (χ2v) is 6.54. The van der Waals surface area contributed by atoms with E-state index in [1.165, 1.54) is 11.1 Å². The van der Waals surface area contributed by atoms with Crippen LogP contribution in [0.1, 0.15) is 45.5 Å². The molecule has 136 valence electrons. The van der Waals surface area contributed by atoms with E-state index in [0.29, 0.717) is 12.1 Å². The van der Waals surface area contributed by atoms with Crippen molar-refractivity contribution in [2.24, 2.45) is 0 Å². The molecule has 0 aliphatic rings. The Balaban J connectivity index is 1.85. The first-order valence-electron chi connectivity index (χ1n) is 8.84. The van der Waals surface area contributed by atoms with E-state index in [0.717, 1.165) is 29.3 Å². The summed E-state index contributed by atoms with van der Waals surface area (Å²) in [5.74, 6) is -0.149. The molecule has 1 aromatic carbocycles. The molecule has 0 bridgehead atoms. The molecule has 6 nitrogen and oxygen atoms in total. The van der Waals surface area contributed by atoms with E-state index >= 15 is 0 Å². The molecule has 1 N–H and O–H groups in total. The summed E-state index contributed by atoms with van der Waals surface area (Å²) < 4.78 is 3.76. The van der Waals surface area contributed by atoms with Crippen LogP contribution in [-0.4, -0.2) is 25.5 Å². The average Bonchev–Trinajstić information content (AvgIpc) is 3.11. The monoisotopic (exact) mass is 351 g/mol. The fourth-order valence-electron chi connectivity index (χ4n) is 3.15. The van der Waals surface area contributed by atoms with Gasteiger partial charge in [-0.25, -0.2) is 0 Å². The topological polar surface area (TPSA) is 64.7 Å². The van der Waals surface area contributed by atoms with E-state index in [1.54, 1.807) is 6.20 Å². The minimum Gasteiger partial charge on any atom is -0.319 e. The summed E-state index contributed by atoms with van der Waals surface area (Å²) in [6.07, 6.45) is 1.62. The summed E-state index contributed by atoms with van der Waals surface area (Å²) in [4.78, 5) is 12.7. The number of carbonyl (C=O) groups excluding carboxylic acids is 1. The van der Waals surface area contributed by atoms with Crippen LogP contribution >= 0.6 is 0 Å². The maximum atomic E-state index is 12.7. The molecular weight excluding hydrogens is 326 g/mol. The lowest BCUT2D eigenvalue weighted by molar-refractivity contribution is 0.102. The standard InChI is InChI=1S/C20H25N5O/c1-6-24-15(4)18(11-21-24)20(26)22-19-14(3)23-25(16(19)5)12-17-10-8-7-9-13(17)2/h7-11H,6,12H2,1-5H3,(H,22,26). The zero-order valence-electron chi connectivity index (χ0n) is 16.0. The fourth-order valence-corrected chi connectivity index (χ4v) is 3.15. The van der Waals surface area contributed by atoms with Gasteiger partial charge in [-0.1, -0.05) is 24.3 Å². The van der Waals surface area contributed by atoms with Crippen molar-refractivity contribution in [1.29, 1.82) is 0 Å². The van der Waals surface area contributed by atoms with Crippen molar-refractivity contribution in [1.82, 2.24) is 19.6 Å². The summed E-state index contributed by atoms with van der Waals surface area (Å²) >= 11 is 0. The van der Waals surface area contributed by atoms with Gasteiger partial charge in [0.05, 0.1) is 35.4 Å². The lowest BCUT2D eigenvalue weighted by atomic mass is 10.1. The van der Waals surface area contributed by atoms with Gasteiger partial charge in [-0.2, -0.15) is 10.2 Å². The summed E-state index contributed by atoms with van der Waals surface area (Å²) in [7, 11) is 0. The molecule has 0 atom stereocenters. The fraction of sp³-hybridized carbons (Fsp3) is 0.350. The highest BCUT2D eigenvalue weighted by Gasteiger charge is 2.18. The SMILES string of the molecule is CCn1ncc(C(=O)Nc2c(C)nn(Cc3ccccc3C)c2C)c1C. The third-order valence-electron chi connectivity index (χ3n) is 4.85. The molecular formula is C20H25N5O. The van der Waals surface area contributed by atoms with Gasteiger partial charge in [-0.15, -0.1) is 0 Å². The number of benzene rings is 1. The number of hydrogen-bond acceptors (Lipinski definition) is 3. The Labute approximate surface area is 153 Å². The number of nitrogens with one attached hydrogen (secondary N) is 1. The summed E-state index contributed by atoms with van der Waals surface area (Å²) in [6, 6.07) is 8.26. The molecule has 0 saturated carbocycles. The largest absolute Gasteiger partial charge is 0.319 e. The smallest absolute Gasteiger partial charge is 0.259 e. The molecule has 26 heavy (non-hydrogen) atoms. The van der Waals surface area contributed by atoms with Crippen LogP contribution in [0.4, 0.5) is 5.69 Å². The highest BCUT2D eigenvalue weighted by molar-refractivity contribution is 6.05. The number of carbonyl (C=O) groups is 1. The van der Waals surface area contributed by atoms with Crippen molar-refractivity contribution >= 4 is 11.6 Å². The maximum absolute atomic E-state index is 12.7. The summed E-state index contributed by atoms with van der Waals surface area (Å²) in [6.45, 7) is 11.3. The molecule has 0 radical (unpaired) electrons. The maximum Gasteiger partial charge on any atom is 0.259 e. The molecule has 0 unspecified atom stereocenters. The first kappa shape index (κ1) is 17.9. The normalized spacial score (nSPS) is 11.0. The van der Waals surface area contributed by atoms with Crippen LogP contribution in [0.25, 0.3) is 0 Å². The molecule has 0 aliphatic carbocycles. The second kappa shape index (κ2) is 7.15. The zero-order valence-corrected chi connectivity index (χ0v) is 16.0. The Hall–Kier alpha value is -2.89. The van der Waals surface area contributed by atoms with E-state index in [-0.39, 0.29) is 5.91 Å². The molecule has 1 amide bonds. The first-order chi connectivity index (χ1) is 12.4. The van der Waals surface area contributed by atoms with Crippen molar-refractivity contribution in [3.63, 3.8) is 0 Å². The molecule has 3 rings (SSSR count). The average molecular weight is 351 g/mol. The van der Waals surface area contributed by atoms with Gasteiger partial charge < -0.3 is 5.32 Å². The molecule has 6 heteroatoms. The van der Waals surface area contributed by atoms with Gasteiger partial charge >= 0.3 is 0 Å². The van der Waals surface area contributed by atoms with E-state index in [9.17, 15) is 4.79 Å². The van der Waals surface area contributed by atoms with Gasteiger partial charge in [-0.3, -0.25) is 14.2 Å². The number of amides is 1. The number of aryl methyl sites for hydroxylation is 3. The Bertz CT molecular complexity index is 951. The molecule has 2 aromatic heterocycles. The van der Waals surface area contributed by atoms with Gasteiger partial charge in [0, 0.05) is 12.2 Å². The number of hydrogen-bond donors (Lipinski definition) is 1. The molecule has 0 aliphatic heterocycles. The van der Waals surface area contributed by atoms with E-state index in [1.807, 2.05) is 49.2 Å². The number of aromatic nitrogens is 4. The van der Waals surface area contributed by atoms with Crippen molar-refractivity contribution in [2.75, 3.05) is 5.32 Å². The van der Waals surface area contributed by atoms with Crippen LogP contribution in [-0.2, 0) is 13.1 Å². The van der Waals surface area contributed by atoms with Gasteiger partial charge in [-0.05, 0) is 45.7 Å². The highest BCUT2D eigenvalue weighted by atomic mass is 16.1. The molecule has 0 fully saturated rings. The lowest BCUT2D eigenvalue weighted by Crippen LogP contribution is -2.14. The summed E-state index contributed by atoms with van der Waals surface area (Å²) in [5, 5.41) is 11.9. The minimum atomic E-state index is -0.149. The van der Waals surface area contributed by atoms with Crippen LogP contribution in [0.5, 0.6) is 0 Å². The number of rotatable bonds is 5. The van der Waals surface area contributed by atoms with Crippen LogP contribution in [0.15, 0.2) is 30.5 Å². The number of nitrogens with zero attached hydrogens (tertiary/aromatic N) is 4. The van der Waals surface area contributed by atoms with E-state index < -0.39 is 0 Å². The van der Waals surface area contributed by atoms with Crippen molar-refractivity contribution in [3.05, 3.63) is 64.2 Å². The van der Waals surface area contributed by atoms with Crippen molar-refractivity contribution < 1.29 is 4.79 Å². The quantitative estimate of drug-likeness (QED) is 0.763. The second-order valence-electron chi connectivity index (χ2n) is 6.54. The van der Waals surface area contributed by atoms with E-state index in [2.05, 4.69) is 34.6 Å². The zero-order chi connectivity index (χ0) is 18.8. The third-order valence-corrected chi connectivity index (χ3v) is 4.85. The molecule has 2 heterocycles. The third kappa shape index (κ3) is 3.27. The number of anilines is 1. The highest BCUT2D eigenvalue weighted by Crippen LogP contribution is 2.22. The lowest BCUT2D eigenvalue weighted by Gasteiger charge is -2.09. The Morgan fingerprint density at radius 1 is 1.08 bits per heavy atom. The van der Waals surface area contributed by atoms with Crippen LogP contribution in [0, 0.1) is 27.7 Å². The molecule has 0 saturated heterocycles. The van der Waals surface area contributed by atoms with Gasteiger partial charge in [0.15, 0.2) is 0 Å². The Morgan fingerprint density at radius 3 is 2.46 bits per heavy atom. The van der Waals surface area contributed by atoms with Gasteiger partial charge in [0.25, 0.3) is 5.91 Å². The van der Waals surface area contributed by atoms with Crippen LogP contribution in [0.3, 0.4) is 0 Å². The Morgan fingerprint density at radius 2 is 1.81 bits per heavy atom. The van der Waals surface area contributed by atoms with Gasteiger partial charge in [0.2, 0.25) is 0 Å². The van der Waals surface area contributed by atoms with Crippen LogP contribution < -0.4 is 5.32 Å². The first-order valence-corrected chi connectivity index (χ1v) is 8.84. The van der Waals surface area contributed by atoms with Crippen LogP contribution in [0.2, 0.25) is 0 Å². The summed E-state index contributed by atoms with van der Waals surface area (Å²) in [5.41, 5.74) is 6.44. The Kier molecular flexibility index (Phi) is 4.93. The molecule has 3 aromatic rings.